The van der Waals surface area contributed by atoms with Crippen LogP contribution < -0.4 is 27.0 Å². The minimum atomic E-state index is -0.515. The fourth-order valence-corrected chi connectivity index (χ4v) is 4.07. The van der Waals surface area contributed by atoms with Gasteiger partial charge in [0, 0.05) is 24.3 Å². The van der Waals surface area contributed by atoms with E-state index in [1.165, 1.54) is 6.07 Å². The van der Waals surface area contributed by atoms with Gasteiger partial charge in [-0.25, -0.2) is 0 Å². The topological polar surface area (TPSA) is 173 Å². The van der Waals surface area contributed by atoms with Gasteiger partial charge in [-0.2, -0.15) is 5.26 Å². The molecule has 12 heteroatoms. The molecular weight excluding hydrogens is 529 g/mol. The summed E-state index contributed by atoms with van der Waals surface area (Å²) in [4.78, 5) is 37.0. The molecule has 194 valence electrons. The van der Waals surface area contributed by atoms with Crippen molar-refractivity contribution in [3.63, 3.8) is 0 Å². The van der Waals surface area contributed by atoms with Gasteiger partial charge in [0.2, 0.25) is 5.91 Å². The lowest BCUT2D eigenvalue weighted by atomic mass is 10.0. The Kier molecular flexibility index (Phi) is 9.65. The summed E-state index contributed by atoms with van der Waals surface area (Å²) in [6.45, 7) is -0.0775. The number of nitrogens with two attached hydrogens (primary N) is 1. The van der Waals surface area contributed by atoms with Crippen LogP contribution in [-0.4, -0.2) is 43.3 Å². The number of nitriles is 1. The monoisotopic (exact) mass is 551 g/mol. The first-order valence-corrected chi connectivity index (χ1v) is 12.0. The van der Waals surface area contributed by atoms with Crippen LogP contribution in [0.3, 0.4) is 0 Å². The van der Waals surface area contributed by atoms with Crippen LogP contribution >= 0.6 is 23.2 Å². The Morgan fingerprint density at radius 2 is 1.55 bits per heavy atom. The molecule has 0 radical (unpaired) electrons. The molecule has 0 aromatic heterocycles. The summed E-state index contributed by atoms with van der Waals surface area (Å²) < 4.78 is 0. The summed E-state index contributed by atoms with van der Waals surface area (Å²) in [5.41, 5.74) is 7.99. The van der Waals surface area contributed by atoms with Crippen molar-refractivity contribution in [2.75, 3.05) is 25.0 Å². The molecule has 0 bridgehead atoms. The van der Waals surface area contributed by atoms with Crippen LogP contribution in [-0.2, 0) is 4.79 Å². The standard InChI is InChI=1S/C26H23Cl2N7O3/c27-20-11-18(16-4-1-3-15(9-16)13-29)12-21(28)23(20)25(38)33-8-7-32-22(36)14-34-24(37)17-5-2-6-19(10-17)35-26(30)31/h1-6,9-12H,7-8,14H2,(H,32,36)(H,33,38)(H,34,37)(H4,30,31,35). The highest BCUT2D eigenvalue weighted by atomic mass is 35.5. The lowest BCUT2D eigenvalue weighted by molar-refractivity contribution is -0.120. The van der Waals surface area contributed by atoms with Gasteiger partial charge in [0.15, 0.2) is 5.96 Å². The maximum atomic E-state index is 12.6. The molecule has 0 aliphatic rings. The van der Waals surface area contributed by atoms with Crippen molar-refractivity contribution in [2.24, 2.45) is 5.73 Å². The molecule has 0 fully saturated rings. The Balaban J connectivity index is 1.47. The van der Waals surface area contributed by atoms with Crippen LogP contribution in [0.25, 0.3) is 11.1 Å². The lowest BCUT2D eigenvalue weighted by Gasteiger charge is -2.12. The highest BCUT2D eigenvalue weighted by Gasteiger charge is 2.17. The summed E-state index contributed by atoms with van der Waals surface area (Å²) in [5, 5.41) is 26.9. The van der Waals surface area contributed by atoms with E-state index in [1.807, 2.05) is 0 Å². The molecule has 0 saturated carbocycles. The molecule has 0 unspecified atom stereocenters. The minimum Gasteiger partial charge on any atom is -0.370 e. The molecule has 7 N–H and O–H groups in total. The van der Waals surface area contributed by atoms with Gasteiger partial charge in [0.05, 0.1) is 33.8 Å². The number of carbonyl (C=O) groups excluding carboxylic acids is 3. The first-order valence-electron chi connectivity index (χ1n) is 11.2. The number of hydrogen-bond donors (Lipinski definition) is 6. The van der Waals surface area contributed by atoms with Gasteiger partial charge in [0.25, 0.3) is 11.8 Å². The first kappa shape index (κ1) is 28.0. The van der Waals surface area contributed by atoms with E-state index >= 15 is 0 Å². The van der Waals surface area contributed by atoms with Gasteiger partial charge < -0.3 is 27.0 Å². The second-order valence-corrected chi connectivity index (χ2v) is 8.73. The van der Waals surface area contributed by atoms with E-state index in [-0.39, 0.29) is 46.8 Å². The Morgan fingerprint density at radius 3 is 2.24 bits per heavy atom. The third kappa shape index (κ3) is 7.70. The fraction of sp³-hybridized carbons (Fsp3) is 0.115. The van der Waals surface area contributed by atoms with E-state index < -0.39 is 17.7 Å². The lowest BCUT2D eigenvalue weighted by Crippen LogP contribution is -2.40. The number of benzene rings is 3. The number of carbonyl (C=O) groups is 3. The fourth-order valence-electron chi connectivity index (χ4n) is 3.41. The first-order chi connectivity index (χ1) is 18.2. The van der Waals surface area contributed by atoms with Crippen LogP contribution in [0.1, 0.15) is 26.3 Å². The third-order valence-corrected chi connectivity index (χ3v) is 5.74. The smallest absolute Gasteiger partial charge is 0.254 e. The molecule has 0 spiro atoms. The Morgan fingerprint density at radius 1 is 0.868 bits per heavy atom. The van der Waals surface area contributed by atoms with E-state index in [1.54, 1.807) is 54.6 Å². The summed E-state index contributed by atoms with van der Waals surface area (Å²) >= 11 is 12.7. The van der Waals surface area contributed by atoms with E-state index in [0.29, 0.717) is 16.8 Å². The zero-order valence-electron chi connectivity index (χ0n) is 19.9. The number of nitrogens with one attached hydrogen (secondary N) is 5. The maximum Gasteiger partial charge on any atom is 0.254 e. The molecule has 38 heavy (non-hydrogen) atoms. The van der Waals surface area contributed by atoms with Crippen molar-refractivity contribution in [3.8, 4) is 17.2 Å². The summed E-state index contributed by atoms with van der Waals surface area (Å²) in [6, 6.07) is 18.5. The number of hydrogen-bond acceptors (Lipinski definition) is 5. The van der Waals surface area contributed by atoms with Crippen molar-refractivity contribution in [2.45, 2.75) is 0 Å². The molecule has 3 rings (SSSR count). The summed E-state index contributed by atoms with van der Waals surface area (Å²) in [5.74, 6) is -1.71. The zero-order valence-corrected chi connectivity index (χ0v) is 21.4. The van der Waals surface area contributed by atoms with Gasteiger partial charge in [0.1, 0.15) is 0 Å². The minimum absolute atomic E-state index is 0.0913. The van der Waals surface area contributed by atoms with E-state index in [4.69, 9.17) is 39.6 Å². The van der Waals surface area contributed by atoms with Crippen LogP contribution in [0.4, 0.5) is 5.69 Å². The predicted molar refractivity (Wildman–Crippen MR) is 146 cm³/mol. The van der Waals surface area contributed by atoms with E-state index in [0.717, 1.165) is 5.56 Å². The number of nitrogens with zero attached hydrogens (tertiary/aromatic N) is 1. The number of guanidine groups is 1. The quantitative estimate of drug-likeness (QED) is 0.135. The Hall–Kier alpha value is -4.59. The maximum absolute atomic E-state index is 12.6. The molecule has 0 aliphatic heterocycles. The second kappa shape index (κ2) is 13.1. The molecule has 3 amide bonds. The van der Waals surface area contributed by atoms with Crippen LogP contribution in [0, 0.1) is 16.7 Å². The third-order valence-electron chi connectivity index (χ3n) is 5.14. The van der Waals surface area contributed by atoms with Gasteiger partial charge in [-0.3, -0.25) is 19.8 Å². The molecule has 3 aromatic carbocycles. The number of anilines is 1. The zero-order chi connectivity index (χ0) is 27.7. The van der Waals surface area contributed by atoms with Gasteiger partial charge >= 0.3 is 0 Å². The molecular formula is C26H23Cl2N7O3. The normalized spacial score (nSPS) is 10.1. The van der Waals surface area contributed by atoms with E-state index in [9.17, 15) is 14.4 Å². The average molecular weight is 552 g/mol. The second-order valence-electron chi connectivity index (χ2n) is 7.92. The molecule has 3 aromatic rings. The SMILES string of the molecule is N#Cc1cccc(-c2cc(Cl)c(C(=O)NCCNC(=O)CNC(=O)c3cccc(NC(=N)N)c3)c(Cl)c2)c1. The van der Waals surface area contributed by atoms with Crippen molar-refractivity contribution >= 4 is 52.6 Å². The van der Waals surface area contributed by atoms with Gasteiger partial charge in [-0.15, -0.1) is 0 Å². The molecule has 10 nitrogen and oxygen atoms in total. The summed E-state index contributed by atoms with van der Waals surface area (Å²) in [7, 11) is 0. The largest absolute Gasteiger partial charge is 0.370 e. The van der Waals surface area contributed by atoms with Crippen LogP contribution in [0.2, 0.25) is 10.0 Å². The van der Waals surface area contributed by atoms with Crippen molar-refractivity contribution in [3.05, 3.63) is 87.4 Å². The highest BCUT2D eigenvalue weighted by Crippen LogP contribution is 2.32. The average Bonchev–Trinajstić information content (AvgIpc) is 2.89. The molecule has 0 atom stereocenters. The number of rotatable bonds is 9. The molecule has 0 aliphatic carbocycles. The van der Waals surface area contributed by atoms with Crippen LogP contribution in [0.5, 0.6) is 0 Å². The highest BCUT2D eigenvalue weighted by molar-refractivity contribution is 6.40. The van der Waals surface area contributed by atoms with Gasteiger partial charge in [-0.05, 0) is 53.6 Å². The van der Waals surface area contributed by atoms with Crippen molar-refractivity contribution in [1.29, 1.82) is 10.7 Å². The van der Waals surface area contributed by atoms with Crippen molar-refractivity contribution < 1.29 is 14.4 Å². The summed E-state index contributed by atoms with van der Waals surface area (Å²) in [6.07, 6.45) is 0. The van der Waals surface area contributed by atoms with Crippen LogP contribution in [0.15, 0.2) is 60.7 Å². The predicted octanol–water partition coefficient (Wildman–Crippen LogP) is 3.11. The van der Waals surface area contributed by atoms with E-state index in [2.05, 4.69) is 27.3 Å². The Labute approximate surface area is 228 Å². The number of amides is 3. The molecule has 0 saturated heterocycles. The van der Waals surface area contributed by atoms with Gasteiger partial charge in [-0.1, -0.05) is 41.4 Å². The molecule has 0 heterocycles. The van der Waals surface area contributed by atoms with Crippen molar-refractivity contribution in [1.82, 2.24) is 16.0 Å². The number of halogens is 2. The Bertz CT molecular complexity index is 1410.